The molecule has 4 aromatic rings. The van der Waals surface area contributed by atoms with Gasteiger partial charge in [-0.1, -0.05) is 66.7 Å². The lowest BCUT2D eigenvalue weighted by Gasteiger charge is -2.21. The van der Waals surface area contributed by atoms with Gasteiger partial charge in [-0.15, -0.1) is 0 Å². The monoisotopic (exact) mass is 410 g/mol. The summed E-state index contributed by atoms with van der Waals surface area (Å²) in [7, 11) is 3.26. The average Bonchev–Trinajstić information content (AvgIpc) is 2.82. The van der Waals surface area contributed by atoms with Gasteiger partial charge in [0.05, 0.1) is 25.6 Å². The van der Waals surface area contributed by atoms with E-state index in [1.54, 1.807) is 14.2 Å². The third-order valence-corrected chi connectivity index (χ3v) is 5.53. The quantitative estimate of drug-likeness (QED) is 0.315. The summed E-state index contributed by atoms with van der Waals surface area (Å²) in [5.74, 6) is 1.28. The zero-order chi connectivity index (χ0) is 21.8. The molecule has 31 heavy (non-hydrogen) atoms. The minimum Gasteiger partial charge on any atom is -0.495 e. The Hall–Kier alpha value is -3.92. The maximum Gasteiger partial charge on any atom is 0.142 e. The van der Waals surface area contributed by atoms with Crippen LogP contribution in [0.4, 0.5) is 11.4 Å². The van der Waals surface area contributed by atoms with Gasteiger partial charge in [0.2, 0.25) is 0 Å². The highest BCUT2D eigenvalue weighted by atomic mass is 16.5. The molecular weight excluding hydrogens is 384 g/mol. The first-order valence-corrected chi connectivity index (χ1v) is 10.1. The molecule has 0 amide bonds. The van der Waals surface area contributed by atoms with Crippen LogP contribution in [0.25, 0.3) is 11.1 Å². The molecule has 4 nitrogen and oxygen atoms in total. The first-order valence-electron chi connectivity index (χ1n) is 10.1. The van der Waals surface area contributed by atoms with Crippen LogP contribution in [0, 0.1) is 0 Å². The Balaban J connectivity index is 1.83. The van der Waals surface area contributed by atoms with Crippen molar-refractivity contribution < 1.29 is 9.47 Å². The number of anilines is 2. The summed E-state index contributed by atoms with van der Waals surface area (Å²) in [4.78, 5) is 0. The summed E-state index contributed by atoms with van der Waals surface area (Å²) in [5.41, 5.74) is 19.0. The van der Waals surface area contributed by atoms with E-state index in [0.29, 0.717) is 22.9 Å². The third kappa shape index (κ3) is 4.19. The van der Waals surface area contributed by atoms with Crippen LogP contribution >= 0.6 is 0 Å². The van der Waals surface area contributed by atoms with Crippen LogP contribution in [-0.2, 0) is 0 Å². The Kier molecular flexibility index (Phi) is 5.80. The number of nitrogen functional groups attached to an aromatic ring is 2. The second-order valence-electron chi connectivity index (χ2n) is 7.42. The lowest BCUT2D eigenvalue weighted by molar-refractivity contribution is 0.415. The van der Waals surface area contributed by atoms with Crippen molar-refractivity contribution in [2.24, 2.45) is 0 Å². The molecule has 0 saturated carbocycles. The van der Waals surface area contributed by atoms with Gasteiger partial charge in [-0.3, -0.25) is 0 Å². The van der Waals surface area contributed by atoms with Crippen molar-refractivity contribution in [3.63, 3.8) is 0 Å². The van der Waals surface area contributed by atoms with Crippen molar-refractivity contribution in [1.82, 2.24) is 0 Å². The molecule has 4 aromatic carbocycles. The molecule has 0 aliphatic heterocycles. The van der Waals surface area contributed by atoms with Gasteiger partial charge < -0.3 is 20.9 Å². The van der Waals surface area contributed by atoms with Crippen LogP contribution in [0.2, 0.25) is 0 Å². The largest absolute Gasteiger partial charge is 0.495 e. The predicted molar refractivity (Wildman–Crippen MR) is 128 cm³/mol. The van der Waals surface area contributed by atoms with E-state index in [-0.39, 0.29) is 5.92 Å². The number of hydrogen-bond acceptors (Lipinski definition) is 4. The molecule has 0 fully saturated rings. The van der Waals surface area contributed by atoms with Crippen LogP contribution in [0.5, 0.6) is 11.5 Å². The summed E-state index contributed by atoms with van der Waals surface area (Å²) in [5, 5.41) is 0. The topological polar surface area (TPSA) is 70.5 Å². The molecule has 0 bridgehead atoms. The van der Waals surface area contributed by atoms with E-state index < -0.39 is 0 Å². The molecule has 0 unspecified atom stereocenters. The second kappa shape index (κ2) is 8.84. The Morgan fingerprint density at radius 3 is 1.48 bits per heavy atom. The summed E-state index contributed by atoms with van der Waals surface area (Å²) < 4.78 is 11.0. The lowest BCUT2D eigenvalue weighted by atomic mass is 9.84. The van der Waals surface area contributed by atoms with Crippen LogP contribution in [0.15, 0.2) is 91.0 Å². The van der Waals surface area contributed by atoms with Crippen molar-refractivity contribution in [2.45, 2.75) is 5.92 Å². The number of benzene rings is 4. The fraction of sp³-hybridized carbons (Fsp3) is 0.111. The van der Waals surface area contributed by atoms with E-state index >= 15 is 0 Å². The molecule has 0 radical (unpaired) electrons. The van der Waals surface area contributed by atoms with Crippen molar-refractivity contribution in [3.05, 3.63) is 108 Å². The zero-order valence-electron chi connectivity index (χ0n) is 17.7. The van der Waals surface area contributed by atoms with E-state index in [2.05, 4.69) is 36.4 Å². The maximum absolute atomic E-state index is 6.07. The summed E-state index contributed by atoms with van der Waals surface area (Å²) in [6.45, 7) is 0. The van der Waals surface area contributed by atoms with Crippen LogP contribution in [0.3, 0.4) is 0 Å². The number of nitrogens with two attached hydrogens (primary N) is 2. The first kappa shape index (κ1) is 20.4. The normalized spacial score (nSPS) is 10.8. The van der Waals surface area contributed by atoms with Gasteiger partial charge in [0.25, 0.3) is 0 Å². The van der Waals surface area contributed by atoms with Crippen molar-refractivity contribution in [2.75, 3.05) is 25.7 Å². The number of methoxy groups -OCH3 is 2. The molecule has 0 saturated heterocycles. The van der Waals surface area contributed by atoms with Gasteiger partial charge >= 0.3 is 0 Å². The third-order valence-electron chi connectivity index (χ3n) is 5.53. The minimum absolute atomic E-state index is 0.0335. The van der Waals surface area contributed by atoms with Gasteiger partial charge in [-0.2, -0.15) is 0 Å². The smallest absolute Gasteiger partial charge is 0.142 e. The Bertz CT molecular complexity index is 1120. The molecule has 4 heteroatoms. The van der Waals surface area contributed by atoms with Crippen molar-refractivity contribution in [1.29, 1.82) is 0 Å². The van der Waals surface area contributed by atoms with Crippen LogP contribution in [0.1, 0.15) is 22.6 Å². The van der Waals surface area contributed by atoms with Gasteiger partial charge in [-0.25, -0.2) is 0 Å². The van der Waals surface area contributed by atoms with E-state index in [4.69, 9.17) is 20.9 Å². The molecule has 0 aliphatic carbocycles. The van der Waals surface area contributed by atoms with E-state index in [1.807, 2.05) is 54.6 Å². The SMILES string of the molecule is COc1cc(C(c2ccc(-c3ccccc3)cc2)c2ccc(N)c(OC)c2)ccc1N. The summed E-state index contributed by atoms with van der Waals surface area (Å²) in [6.07, 6.45) is 0. The van der Waals surface area contributed by atoms with Gasteiger partial charge in [0.1, 0.15) is 11.5 Å². The summed E-state index contributed by atoms with van der Waals surface area (Å²) in [6, 6.07) is 30.8. The Morgan fingerprint density at radius 2 is 1.00 bits per heavy atom. The molecule has 0 aliphatic rings. The maximum atomic E-state index is 6.07. The zero-order valence-corrected chi connectivity index (χ0v) is 17.7. The number of rotatable bonds is 6. The molecular formula is C27H26N2O2. The van der Waals surface area contributed by atoms with Gasteiger partial charge in [-0.05, 0) is 52.1 Å². The van der Waals surface area contributed by atoms with Gasteiger partial charge in [0.15, 0.2) is 0 Å². The van der Waals surface area contributed by atoms with E-state index in [9.17, 15) is 0 Å². The standard InChI is InChI=1S/C27H26N2O2/c1-30-25-16-21(12-14-23(25)28)27(22-13-15-24(29)26(17-22)31-2)20-10-8-19(9-11-20)18-6-4-3-5-7-18/h3-17,27H,28-29H2,1-2H3. The highest BCUT2D eigenvalue weighted by Gasteiger charge is 2.20. The number of hydrogen-bond donors (Lipinski definition) is 2. The fourth-order valence-electron chi connectivity index (χ4n) is 3.89. The lowest BCUT2D eigenvalue weighted by Crippen LogP contribution is -2.06. The van der Waals surface area contributed by atoms with Crippen LogP contribution in [-0.4, -0.2) is 14.2 Å². The highest BCUT2D eigenvalue weighted by molar-refractivity contribution is 5.65. The molecule has 4 rings (SSSR count). The molecule has 0 spiro atoms. The van der Waals surface area contributed by atoms with Crippen molar-refractivity contribution in [3.8, 4) is 22.6 Å². The Labute approximate surface area is 183 Å². The summed E-state index contributed by atoms with van der Waals surface area (Å²) >= 11 is 0. The second-order valence-corrected chi connectivity index (χ2v) is 7.42. The number of ether oxygens (including phenoxy) is 2. The van der Waals surface area contributed by atoms with E-state index in [0.717, 1.165) is 16.7 Å². The average molecular weight is 411 g/mol. The predicted octanol–water partition coefficient (Wildman–Crippen LogP) is 5.72. The van der Waals surface area contributed by atoms with Gasteiger partial charge in [0, 0.05) is 5.92 Å². The molecule has 0 atom stereocenters. The van der Waals surface area contributed by atoms with Crippen LogP contribution < -0.4 is 20.9 Å². The first-order chi connectivity index (χ1) is 15.1. The molecule has 0 heterocycles. The van der Waals surface area contributed by atoms with E-state index in [1.165, 1.54) is 11.1 Å². The molecule has 4 N–H and O–H groups in total. The highest BCUT2D eigenvalue weighted by Crippen LogP contribution is 2.38. The Morgan fingerprint density at radius 1 is 0.548 bits per heavy atom. The van der Waals surface area contributed by atoms with Crippen molar-refractivity contribution >= 4 is 11.4 Å². The minimum atomic E-state index is -0.0335. The molecule has 156 valence electrons. The molecule has 0 aromatic heterocycles. The fourth-order valence-corrected chi connectivity index (χ4v) is 3.89.